The largest absolute Gasteiger partial charge is 0.481 e. The highest BCUT2D eigenvalue weighted by Gasteiger charge is 2.22. The molecule has 1 atom stereocenters. The molecule has 0 aromatic heterocycles. The van der Waals surface area contributed by atoms with E-state index in [2.05, 4.69) is 4.72 Å². The number of benzene rings is 1. The number of hydrogen-bond donors (Lipinski definition) is 2. The fourth-order valence-corrected chi connectivity index (χ4v) is 3.04. The lowest BCUT2D eigenvalue weighted by atomic mass is 9.90. The Morgan fingerprint density at radius 2 is 1.80 bits per heavy atom. The van der Waals surface area contributed by atoms with Crippen LogP contribution < -0.4 is 4.72 Å². The first-order valence-corrected chi connectivity index (χ1v) is 8.08. The van der Waals surface area contributed by atoms with Crippen molar-refractivity contribution in [3.8, 4) is 0 Å². The number of sulfonamides is 1. The monoisotopic (exact) mass is 299 g/mol. The minimum atomic E-state index is -3.49. The van der Waals surface area contributed by atoms with Crippen molar-refractivity contribution < 1.29 is 18.3 Å². The third kappa shape index (κ3) is 4.31. The van der Waals surface area contributed by atoms with Gasteiger partial charge in [0.1, 0.15) is 0 Å². The highest BCUT2D eigenvalue weighted by molar-refractivity contribution is 7.89. The first kappa shape index (κ1) is 16.7. The summed E-state index contributed by atoms with van der Waals surface area (Å²) in [5.74, 6) is -1.24. The van der Waals surface area contributed by atoms with Gasteiger partial charge in [-0.1, -0.05) is 32.9 Å². The van der Waals surface area contributed by atoms with Gasteiger partial charge in [0.2, 0.25) is 10.0 Å². The molecule has 0 heterocycles. The summed E-state index contributed by atoms with van der Waals surface area (Å²) in [5, 5.41) is 9.26. The Kier molecular flexibility index (Phi) is 5.71. The van der Waals surface area contributed by atoms with E-state index < -0.39 is 21.9 Å². The van der Waals surface area contributed by atoms with Crippen LogP contribution in [-0.2, 0) is 14.8 Å². The Morgan fingerprint density at radius 3 is 2.20 bits per heavy atom. The molecular formula is C14H21NO4S. The van der Waals surface area contributed by atoms with Crippen molar-refractivity contribution in [3.63, 3.8) is 0 Å². The van der Waals surface area contributed by atoms with Gasteiger partial charge in [-0.15, -0.1) is 0 Å². The molecule has 0 saturated carbocycles. The summed E-state index contributed by atoms with van der Waals surface area (Å²) < 4.78 is 26.0. The second-order valence-corrected chi connectivity index (χ2v) is 6.86. The first-order valence-electron chi connectivity index (χ1n) is 6.60. The summed E-state index contributed by atoms with van der Waals surface area (Å²) in [6.45, 7) is 5.93. The van der Waals surface area contributed by atoms with Crippen LogP contribution in [0, 0.1) is 5.92 Å². The van der Waals surface area contributed by atoms with Crippen molar-refractivity contribution in [2.45, 2.75) is 38.0 Å². The molecule has 0 saturated heterocycles. The maximum atomic E-state index is 11.8. The Labute approximate surface area is 120 Å². The molecule has 2 N–H and O–H groups in total. The summed E-state index contributed by atoms with van der Waals surface area (Å²) in [4.78, 5) is 11.4. The van der Waals surface area contributed by atoms with Gasteiger partial charge < -0.3 is 5.11 Å². The SMILES string of the molecule is CCNS(=O)(=O)c1ccc(C(CC(C)C)C(=O)O)cc1. The maximum absolute atomic E-state index is 11.8. The molecule has 1 aromatic rings. The number of hydrogen-bond acceptors (Lipinski definition) is 3. The van der Waals surface area contributed by atoms with Crippen molar-refractivity contribution in [1.82, 2.24) is 4.72 Å². The molecule has 112 valence electrons. The lowest BCUT2D eigenvalue weighted by Crippen LogP contribution is -2.23. The van der Waals surface area contributed by atoms with E-state index in [4.69, 9.17) is 0 Å². The van der Waals surface area contributed by atoms with Gasteiger partial charge in [-0.25, -0.2) is 13.1 Å². The first-order chi connectivity index (χ1) is 9.27. The number of carboxylic acid groups (broad SMARTS) is 1. The zero-order chi connectivity index (χ0) is 15.3. The summed E-state index contributed by atoms with van der Waals surface area (Å²) in [5.41, 5.74) is 0.627. The van der Waals surface area contributed by atoms with Crippen LogP contribution in [0.2, 0.25) is 0 Å². The molecule has 1 unspecified atom stereocenters. The number of aliphatic carboxylic acids is 1. The van der Waals surface area contributed by atoms with Gasteiger partial charge in [0.05, 0.1) is 10.8 Å². The molecule has 0 bridgehead atoms. The smallest absolute Gasteiger partial charge is 0.310 e. The van der Waals surface area contributed by atoms with Crippen LogP contribution in [0.25, 0.3) is 0 Å². The molecule has 0 spiro atoms. The van der Waals surface area contributed by atoms with Crippen molar-refractivity contribution in [1.29, 1.82) is 0 Å². The third-order valence-electron chi connectivity index (χ3n) is 2.93. The predicted octanol–water partition coefficient (Wildman–Crippen LogP) is 2.20. The number of carboxylic acids is 1. The third-order valence-corrected chi connectivity index (χ3v) is 4.49. The van der Waals surface area contributed by atoms with Crippen molar-refractivity contribution in [2.24, 2.45) is 5.92 Å². The Morgan fingerprint density at radius 1 is 1.25 bits per heavy atom. The van der Waals surface area contributed by atoms with E-state index in [0.717, 1.165) is 0 Å². The number of rotatable bonds is 7. The summed E-state index contributed by atoms with van der Waals surface area (Å²) >= 11 is 0. The van der Waals surface area contributed by atoms with Gasteiger partial charge in [0.25, 0.3) is 0 Å². The molecular weight excluding hydrogens is 278 g/mol. The zero-order valence-corrected chi connectivity index (χ0v) is 12.8. The average molecular weight is 299 g/mol. The van der Waals surface area contributed by atoms with Crippen LogP contribution in [0.1, 0.15) is 38.7 Å². The van der Waals surface area contributed by atoms with Gasteiger partial charge in [0, 0.05) is 6.54 Å². The molecule has 5 nitrogen and oxygen atoms in total. The van der Waals surface area contributed by atoms with E-state index in [1.165, 1.54) is 12.1 Å². The highest BCUT2D eigenvalue weighted by Crippen LogP contribution is 2.25. The van der Waals surface area contributed by atoms with Crippen LogP contribution in [0.5, 0.6) is 0 Å². The van der Waals surface area contributed by atoms with Gasteiger partial charge in [0.15, 0.2) is 0 Å². The Balaban J connectivity index is 3.03. The lowest BCUT2D eigenvalue weighted by molar-refractivity contribution is -0.139. The minimum absolute atomic E-state index is 0.150. The average Bonchev–Trinajstić information content (AvgIpc) is 2.35. The lowest BCUT2D eigenvalue weighted by Gasteiger charge is -2.15. The van der Waals surface area contributed by atoms with Crippen molar-refractivity contribution in [2.75, 3.05) is 6.54 Å². The zero-order valence-electron chi connectivity index (χ0n) is 12.0. The minimum Gasteiger partial charge on any atom is -0.481 e. The van der Waals surface area contributed by atoms with Gasteiger partial charge in [-0.3, -0.25) is 4.79 Å². The molecule has 0 aliphatic rings. The predicted molar refractivity (Wildman–Crippen MR) is 77.1 cm³/mol. The van der Waals surface area contributed by atoms with E-state index in [9.17, 15) is 18.3 Å². The van der Waals surface area contributed by atoms with E-state index in [1.54, 1.807) is 19.1 Å². The Bertz CT molecular complexity index is 549. The highest BCUT2D eigenvalue weighted by atomic mass is 32.2. The van der Waals surface area contributed by atoms with Crippen LogP contribution in [0.3, 0.4) is 0 Å². The normalized spacial score (nSPS) is 13.4. The number of carbonyl (C=O) groups is 1. The quantitative estimate of drug-likeness (QED) is 0.808. The van der Waals surface area contributed by atoms with Crippen LogP contribution in [-0.4, -0.2) is 26.0 Å². The second-order valence-electron chi connectivity index (χ2n) is 5.09. The van der Waals surface area contributed by atoms with Crippen LogP contribution in [0.15, 0.2) is 29.2 Å². The van der Waals surface area contributed by atoms with Crippen molar-refractivity contribution in [3.05, 3.63) is 29.8 Å². The standard InChI is InChI=1S/C14H21NO4S/c1-4-15-20(18,19)12-7-5-11(6-8-12)13(14(16)17)9-10(2)3/h5-8,10,13,15H,4,9H2,1-3H3,(H,16,17). The van der Waals surface area contributed by atoms with E-state index in [0.29, 0.717) is 18.5 Å². The fourth-order valence-electron chi connectivity index (χ4n) is 2.00. The Hall–Kier alpha value is -1.40. The molecule has 20 heavy (non-hydrogen) atoms. The van der Waals surface area contributed by atoms with E-state index in [1.807, 2.05) is 13.8 Å². The topological polar surface area (TPSA) is 83.5 Å². The van der Waals surface area contributed by atoms with Crippen LogP contribution in [0.4, 0.5) is 0 Å². The summed E-state index contributed by atoms with van der Waals surface area (Å²) in [6, 6.07) is 6.05. The van der Waals surface area contributed by atoms with Gasteiger partial charge in [-0.05, 0) is 30.0 Å². The molecule has 1 aromatic carbocycles. The molecule has 6 heteroatoms. The molecule has 0 aliphatic heterocycles. The summed E-state index contributed by atoms with van der Waals surface area (Å²) in [6.07, 6.45) is 0.522. The van der Waals surface area contributed by atoms with E-state index >= 15 is 0 Å². The van der Waals surface area contributed by atoms with Crippen LogP contribution >= 0.6 is 0 Å². The van der Waals surface area contributed by atoms with Gasteiger partial charge in [-0.2, -0.15) is 0 Å². The summed E-state index contributed by atoms with van der Waals surface area (Å²) in [7, 11) is -3.49. The fraction of sp³-hybridized carbons (Fsp3) is 0.500. The molecule has 0 aliphatic carbocycles. The molecule has 0 amide bonds. The molecule has 0 fully saturated rings. The maximum Gasteiger partial charge on any atom is 0.310 e. The van der Waals surface area contributed by atoms with E-state index in [-0.39, 0.29) is 10.8 Å². The second kappa shape index (κ2) is 6.85. The number of nitrogens with one attached hydrogen (secondary N) is 1. The van der Waals surface area contributed by atoms with Gasteiger partial charge >= 0.3 is 5.97 Å². The molecule has 1 rings (SSSR count). The molecule has 0 radical (unpaired) electrons. The van der Waals surface area contributed by atoms with Crippen molar-refractivity contribution >= 4 is 16.0 Å².